The van der Waals surface area contributed by atoms with Gasteiger partial charge in [-0.3, -0.25) is 0 Å². The molecular formula is C18H19BrO. The summed E-state index contributed by atoms with van der Waals surface area (Å²) in [6.45, 7) is 2.05. The normalized spacial score (nSPS) is 15.2. The fourth-order valence-electron chi connectivity index (χ4n) is 3.10. The van der Waals surface area contributed by atoms with Crippen LogP contribution in [0, 0.1) is 6.92 Å². The van der Waals surface area contributed by atoms with Gasteiger partial charge in [0.15, 0.2) is 0 Å². The lowest BCUT2D eigenvalue weighted by atomic mass is 9.96. The summed E-state index contributed by atoms with van der Waals surface area (Å²) >= 11 is 3.46. The number of fused-ring (bicyclic) bond motifs is 1. The first kappa shape index (κ1) is 13.8. The Morgan fingerprint density at radius 3 is 2.70 bits per heavy atom. The molecule has 1 aliphatic rings. The van der Waals surface area contributed by atoms with Gasteiger partial charge in [0.1, 0.15) is 0 Å². The van der Waals surface area contributed by atoms with Crippen LogP contribution in [-0.4, -0.2) is 5.11 Å². The molecule has 0 bridgehead atoms. The number of rotatable bonds is 3. The molecule has 0 radical (unpaired) electrons. The molecule has 2 aromatic rings. The summed E-state index contributed by atoms with van der Waals surface area (Å²) in [4.78, 5) is 0. The highest BCUT2D eigenvalue weighted by molar-refractivity contribution is 9.10. The van der Waals surface area contributed by atoms with Crippen LogP contribution in [0.15, 0.2) is 40.9 Å². The molecule has 0 aliphatic heterocycles. The van der Waals surface area contributed by atoms with E-state index in [9.17, 15) is 5.11 Å². The van der Waals surface area contributed by atoms with E-state index in [2.05, 4.69) is 40.2 Å². The van der Waals surface area contributed by atoms with Gasteiger partial charge >= 0.3 is 0 Å². The molecule has 1 unspecified atom stereocenters. The first-order valence-corrected chi connectivity index (χ1v) is 7.97. The zero-order valence-electron chi connectivity index (χ0n) is 11.7. The Hall–Kier alpha value is -1.12. The smallest absolute Gasteiger partial charge is 0.0832 e. The first-order chi connectivity index (χ1) is 9.63. The number of hydrogen-bond acceptors (Lipinski definition) is 1. The van der Waals surface area contributed by atoms with Gasteiger partial charge in [0, 0.05) is 10.9 Å². The van der Waals surface area contributed by atoms with Crippen LogP contribution in [0.5, 0.6) is 0 Å². The summed E-state index contributed by atoms with van der Waals surface area (Å²) in [6, 6.07) is 12.7. The lowest BCUT2D eigenvalue weighted by Crippen LogP contribution is -2.04. The lowest BCUT2D eigenvalue weighted by molar-refractivity contribution is 0.177. The van der Waals surface area contributed by atoms with Crippen LogP contribution in [0.3, 0.4) is 0 Å². The molecule has 0 aromatic heterocycles. The van der Waals surface area contributed by atoms with Gasteiger partial charge in [-0.1, -0.05) is 40.2 Å². The predicted octanol–water partition coefficient (Wildman–Crippen LogP) is 4.52. The molecule has 0 saturated heterocycles. The Balaban J connectivity index is 1.80. The van der Waals surface area contributed by atoms with Crippen LogP contribution >= 0.6 is 15.9 Å². The molecule has 1 aliphatic carbocycles. The van der Waals surface area contributed by atoms with Crippen molar-refractivity contribution in [3.8, 4) is 0 Å². The van der Waals surface area contributed by atoms with Gasteiger partial charge < -0.3 is 5.11 Å². The highest BCUT2D eigenvalue weighted by Crippen LogP contribution is 2.27. The molecule has 2 aromatic carbocycles. The van der Waals surface area contributed by atoms with Crippen LogP contribution in [0.1, 0.15) is 40.3 Å². The standard InChI is InChI=1S/C18H19BrO/c1-12-9-16(19)7-8-17(12)18(20)11-13-5-6-14-3-2-4-15(14)10-13/h5-10,18,20H,2-4,11H2,1H3. The van der Waals surface area contributed by atoms with Crippen molar-refractivity contribution in [2.75, 3.05) is 0 Å². The summed E-state index contributed by atoms with van der Waals surface area (Å²) in [7, 11) is 0. The number of benzene rings is 2. The number of aliphatic hydroxyl groups excluding tert-OH is 1. The van der Waals surface area contributed by atoms with Crippen molar-refractivity contribution in [1.82, 2.24) is 0 Å². The van der Waals surface area contributed by atoms with E-state index in [0.29, 0.717) is 6.42 Å². The molecule has 0 amide bonds. The average molecular weight is 331 g/mol. The van der Waals surface area contributed by atoms with E-state index in [4.69, 9.17) is 0 Å². The molecule has 1 nitrogen and oxygen atoms in total. The Bertz CT molecular complexity index is 633. The Labute approximate surface area is 128 Å². The third-order valence-electron chi connectivity index (χ3n) is 4.18. The molecular weight excluding hydrogens is 312 g/mol. The van der Waals surface area contributed by atoms with Crippen molar-refractivity contribution in [2.45, 2.75) is 38.7 Å². The van der Waals surface area contributed by atoms with Gasteiger partial charge in [0.25, 0.3) is 0 Å². The minimum Gasteiger partial charge on any atom is -0.388 e. The van der Waals surface area contributed by atoms with Crippen molar-refractivity contribution in [3.05, 3.63) is 68.7 Å². The molecule has 3 rings (SSSR count). The van der Waals surface area contributed by atoms with E-state index in [0.717, 1.165) is 15.6 Å². The quantitative estimate of drug-likeness (QED) is 0.877. The monoisotopic (exact) mass is 330 g/mol. The van der Waals surface area contributed by atoms with Gasteiger partial charge in [-0.15, -0.1) is 0 Å². The van der Waals surface area contributed by atoms with Gasteiger partial charge in [0.2, 0.25) is 0 Å². The highest BCUT2D eigenvalue weighted by atomic mass is 79.9. The Morgan fingerprint density at radius 1 is 1.10 bits per heavy atom. The molecule has 0 fully saturated rings. The molecule has 1 N–H and O–H groups in total. The highest BCUT2D eigenvalue weighted by Gasteiger charge is 2.14. The number of halogens is 1. The summed E-state index contributed by atoms with van der Waals surface area (Å²) in [5.74, 6) is 0. The summed E-state index contributed by atoms with van der Waals surface area (Å²) in [5, 5.41) is 10.5. The van der Waals surface area contributed by atoms with Gasteiger partial charge in [-0.25, -0.2) is 0 Å². The van der Waals surface area contributed by atoms with E-state index < -0.39 is 6.10 Å². The maximum absolute atomic E-state index is 10.5. The van der Waals surface area contributed by atoms with Crippen LogP contribution < -0.4 is 0 Å². The predicted molar refractivity (Wildman–Crippen MR) is 86.0 cm³/mol. The average Bonchev–Trinajstić information content (AvgIpc) is 2.85. The van der Waals surface area contributed by atoms with Crippen LogP contribution in [0.4, 0.5) is 0 Å². The number of aryl methyl sites for hydroxylation is 3. The fourth-order valence-corrected chi connectivity index (χ4v) is 3.57. The lowest BCUT2D eigenvalue weighted by Gasteiger charge is -2.15. The van der Waals surface area contributed by atoms with E-state index in [-0.39, 0.29) is 0 Å². The maximum atomic E-state index is 10.5. The second kappa shape index (κ2) is 5.71. The number of aliphatic hydroxyl groups is 1. The van der Waals surface area contributed by atoms with Crippen molar-refractivity contribution in [3.63, 3.8) is 0 Å². The summed E-state index contributed by atoms with van der Waals surface area (Å²) < 4.78 is 1.06. The van der Waals surface area contributed by atoms with E-state index in [1.54, 1.807) is 0 Å². The van der Waals surface area contributed by atoms with E-state index >= 15 is 0 Å². The van der Waals surface area contributed by atoms with Gasteiger partial charge in [-0.2, -0.15) is 0 Å². The summed E-state index contributed by atoms with van der Waals surface area (Å²) in [5.41, 5.74) is 6.35. The largest absolute Gasteiger partial charge is 0.388 e. The first-order valence-electron chi connectivity index (χ1n) is 7.18. The molecule has 2 heteroatoms. The molecule has 0 spiro atoms. The maximum Gasteiger partial charge on any atom is 0.0832 e. The Kier molecular flexibility index (Phi) is 3.95. The topological polar surface area (TPSA) is 20.2 Å². The minimum atomic E-state index is -0.428. The second-order valence-corrected chi connectivity index (χ2v) is 6.59. The third kappa shape index (κ3) is 2.82. The number of hydrogen-bond donors (Lipinski definition) is 1. The Morgan fingerprint density at radius 2 is 1.90 bits per heavy atom. The zero-order valence-corrected chi connectivity index (χ0v) is 13.3. The molecule has 0 saturated carbocycles. The molecule has 1 atom stereocenters. The molecule has 20 heavy (non-hydrogen) atoms. The van der Waals surface area contributed by atoms with Crippen LogP contribution in [-0.2, 0) is 19.3 Å². The van der Waals surface area contributed by atoms with Crippen molar-refractivity contribution >= 4 is 15.9 Å². The van der Waals surface area contributed by atoms with Gasteiger partial charge in [-0.05, 0) is 66.1 Å². The molecule has 104 valence electrons. The van der Waals surface area contributed by atoms with Crippen molar-refractivity contribution in [2.24, 2.45) is 0 Å². The SMILES string of the molecule is Cc1cc(Br)ccc1C(O)Cc1ccc2c(c1)CCC2. The minimum absolute atomic E-state index is 0.428. The summed E-state index contributed by atoms with van der Waals surface area (Å²) in [6.07, 6.45) is 3.94. The van der Waals surface area contributed by atoms with Crippen LogP contribution in [0.25, 0.3) is 0 Å². The van der Waals surface area contributed by atoms with Crippen molar-refractivity contribution < 1.29 is 5.11 Å². The zero-order chi connectivity index (χ0) is 14.1. The van der Waals surface area contributed by atoms with Crippen molar-refractivity contribution in [1.29, 1.82) is 0 Å². The fraction of sp³-hybridized carbons (Fsp3) is 0.333. The van der Waals surface area contributed by atoms with Crippen LogP contribution in [0.2, 0.25) is 0 Å². The molecule has 0 heterocycles. The van der Waals surface area contributed by atoms with Gasteiger partial charge in [0.05, 0.1) is 6.10 Å². The van der Waals surface area contributed by atoms with E-state index in [1.165, 1.54) is 36.0 Å². The third-order valence-corrected chi connectivity index (χ3v) is 4.68. The second-order valence-electron chi connectivity index (χ2n) is 5.68. The van der Waals surface area contributed by atoms with E-state index in [1.807, 2.05) is 19.1 Å².